The Morgan fingerprint density at radius 3 is 1.95 bits per heavy atom. The summed E-state index contributed by atoms with van der Waals surface area (Å²) in [5, 5.41) is 14.6. The number of hydrogen-bond acceptors (Lipinski definition) is 4. The lowest BCUT2D eigenvalue weighted by molar-refractivity contribution is -0.131. The van der Waals surface area contributed by atoms with Crippen LogP contribution in [0.1, 0.15) is 63.1 Å². The van der Waals surface area contributed by atoms with Gasteiger partial charge in [-0.25, -0.2) is 13.2 Å². The molecule has 0 aliphatic heterocycles. The van der Waals surface area contributed by atoms with Gasteiger partial charge in [0.25, 0.3) is 6.43 Å². The minimum Gasteiger partial charge on any atom is -0.348 e. The molecule has 2 aliphatic carbocycles. The zero-order chi connectivity index (χ0) is 28.6. The Morgan fingerprint density at radius 1 is 1.00 bits per heavy atom. The summed E-state index contributed by atoms with van der Waals surface area (Å²) in [4.78, 5) is 27.1. The third-order valence-electron chi connectivity index (χ3n) is 7.57. The molecule has 4 rings (SSSR count). The molecule has 2 aromatic rings. The van der Waals surface area contributed by atoms with Crippen LogP contribution in [0.4, 0.5) is 13.2 Å². The van der Waals surface area contributed by atoms with Crippen LogP contribution in [0.15, 0.2) is 48.5 Å². The van der Waals surface area contributed by atoms with Gasteiger partial charge in [0.05, 0.1) is 23.6 Å². The van der Waals surface area contributed by atoms with Crippen molar-refractivity contribution in [3.05, 3.63) is 59.7 Å². The van der Waals surface area contributed by atoms with Crippen molar-refractivity contribution >= 4 is 11.8 Å². The number of nitrogens with zero attached hydrogens (tertiary/aromatic N) is 2. The Kier molecular flexibility index (Phi) is 7.82. The molecule has 208 valence electrons. The van der Waals surface area contributed by atoms with Crippen molar-refractivity contribution in [1.29, 1.82) is 5.26 Å². The molecule has 2 saturated carbocycles. The van der Waals surface area contributed by atoms with E-state index in [0.717, 1.165) is 29.5 Å². The normalized spacial score (nSPS) is 18.5. The predicted octanol–water partition coefficient (Wildman–Crippen LogP) is 5.05. The van der Waals surface area contributed by atoms with Gasteiger partial charge in [0.15, 0.2) is 0 Å². The summed E-state index contributed by atoms with van der Waals surface area (Å²) < 4.78 is 42.9. The van der Waals surface area contributed by atoms with E-state index in [1.807, 2.05) is 30.3 Å². The fourth-order valence-electron chi connectivity index (χ4n) is 5.00. The second-order valence-corrected chi connectivity index (χ2v) is 11.6. The molecule has 0 saturated heterocycles. The number of amides is 2. The van der Waals surface area contributed by atoms with Gasteiger partial charge in [-0.05, 0) is 61.8 Å². The molecule has 2 atom stereocenters. The van der Waals surface area contributed by atoms with Gasteiger partial charge in [-0.1, -0.05) is 48.5 Å². The topological polar surface area (TPSA) is 85.2 Å². The first-order valence-corrected chi connectivity index (χ1v) is 13.2. The minimum absolute atomic E-state index is 0.0909. The average Bonchev–Trinajstić information content (AvgIpc) is 3.82. The van der Waals surface area contributed by atoms with Crippen molar-refractivity contribution in [2.75, 3.05) is 14.1 Å². The minimum atomic E-state index is -2.86. The fraction of sp³-hybridized carbons (Fsp3) is 0.500. The number of hydrogen-bond donors (Lipinski definition) is 2. The van der Waals surface area contributed by atoms with Crippen molar-refractivity contribution in [2.45, 2.75) is 81.1 Å². The highest BCUT2D eigenvalue weighted by molar-refractivity contribution is 5.91. The van der Waals surface area contributed by atoms with Gasteiger partial charge < -0.3 is 10.2 Å². The van der Waals surface area contributed by atoms with E-state index in [9.17, 15) is 28.0 Å². The Hall–Kier alpha value is -3.38. The van der Waals surface area contributed by atoms with Crippen molar-refractivity contribution in [3.8, 4) is 17.2 Å². The van der Waals surface area contributed by atoms with Crippen molar-refractivity contribution in [2.24, 2.45) is 0 Å². The summed E-state index contributed by atoms with van der Waals surface area (Å²) in [6, 6.07) is 13.6. The summed E-state index contributed by atoms with van der Waals surface area (Å²) in [5.41, 5.74) is -0.326. The van der Waals surface area contributed by atoms with E-state index in [1.165, 1.54) is 13.8 Å². The molecular formula is C30H35F3N4O2. The van der Waals surface area contributed by atoms with Crippen molar-refractivity contribution in [1.82, 2.24) is 15.5 Å². The van der Waals surface area contributed by atoms with Gasteiger partial charge >= 0.3 is 0 Å². The van der Waals surface area contributed by atoms with Gasteiger partial charge in [0.1, 0.15) is 11.2 Å². The maximum Gasteiger partial charge on any atom is 0.257 e. The van der Waals surface area contributed by atoms with Crippen LogP contribution in [0.5, 0.6) is 0 Å². The average molecular weight is 541 g/mol. The van der Waals surface area contributed by atoms with E-state index in [4.69, 9.17) is 0 Å². The molecule has 9 heteroatoms. The van der Waals surface area contributed by atoms with Crippen molar-refractivity contribution in [3.63, 3.8) is 0 Å². The number of rotatable bonds is 11. The number of likely N-dealkylation sites (N-methyl/N-ethyl adjacent to an activating group) is 1. The predicted molar refractivity (Wildman–Crippen MR) is 143 cm³/mol. The van der Waals surface area contributed by atoms with Gasteiger partial charge in [-0.15, -0.1) is 0 Å². The van der Waals surface area contributed by atoms with Crippen LogP contribution in [-0.2, 0) is 15.0 Å². The number of nitrogens with one attached hydrogen (secondary N) is 2. The van der Waals surface area contributed by atoms with E-state index in [1.54, 1.807) is 43.3 Å². The summed E-state index contributed by atoms with van der Waals surface area (Å²) in [6.45, 7) is 2.57. The highest BCUT2D eigenvalue weighted by Crippen LogP contribution is 2.49. The quantitative estimate of drug-likeness (QED) is 0.418. The zero-order valence-electron chi connectivity index (χ0n) is 22.7. The third-order valence-corrected chi connectivity index (χ3v) is 7.57. The molecular weight excluding hydrogens is 505 g/mol. The summed E-state index contributed by atoms with van der Waals surface area (Å²) in [6.07, 6.45) is -0.593. The molecule has 2 aliphatic rings. The number of carbonyl (C=O) groups is 2. The Bertz CT molecular complexity index is 1240. The first-order valence-electron chi connectivity index (χ1n) is 13.2. The smallest absolute Gasteiger partial charge is 0.257 e. The lowest BCUT2D eigenvalue weighted by atomic mass is 9.92. The van der Waals surface area contributed by atoms with Gasteiger partial charge in [0, 0.05) is 20.5 Å². The first kappa shape index (κ1) is 28.6. The number of nitriles is 1. The van der Waals surface area contributed by atoms with Crippen LogP contribution in [0, 0.1) is 11.3 Å². The molecule has 2 aromatic carbocycles. The van der Waals surface area contributed by atoms with E-state index in [2.05, 4.69) is 10.6 Å². The molecule has 2 N–H and O–H groups in total. The molecule has 0 unspecified atom stereocenters. The van der Waals surface area contributed by atoms with Crippen LogP contribution in [0.25, 0.3) is 11.1 Å². The number of alkyl halides is 3. The van der Waals surface area contributed by atoms with Crippen LogP contribution >= 0.6 is 0 Å². The highest BCUT2D eigenvalue weighted by Gasteiger charge is 2.52. The summed E-state index contributed by atoms with van der Waals surface area (Å²) in [7, 11) is 3.51. The largest absolute Gasteiger partial charge is 0.348 e. The lowest BCUT2D eigenvalue weighted by Gasteiger charge is -2.29. The van der Waals surface area contributed by atoms with Gasteiger partial charge in [0.2, 0.25) is 11.8 Å². The number of benzene rings is 2. The fourth-order valence-corrected chi connectivity index (χ4v) is 5.00. The Morgan fingerprint density at radius 2 is 1.54 bits per heavy atom. The lowest BCUT2D eigenvalue weighted by Crippen LogP contribution is -2.52. The molecule has 2 amide bonds. The molecule has 6 nitrogen and oxygen atoms in total. The Labute approximate surface area is 227 Å². The molecule has 0 bridgehead atoms. The molecule has 0 spiro atoms. The maximum absolute atomic E-state index is 14.5. The van der Waals surface area contributed by atoms with Crippen molar-refractivity contribution < 1.29 is 22.8 Å². The zero-order valence-corrected chi connectivity index (χ0v) is 22.7. The van der Waals surface area contributed by atoms with E-state index in [-0.39, 0.29) is 17.9 Å². The summed E-state index contributed by atoms with van der Waals surface area (Å²) in [5.74, 6) is -0.573. The van der Waals surface area contributed by atoms with Crippen LogP contribution in [0.3, 0.4) is 0 Å². The molecule has 2 fully saturated rings. The van der Waals surface area contributed by atoms with Crippen LogP contribution in [-0.4, -0.2) is 54.5 Å². The second-order valence-electron chi connectivity index (χ2n) is 11.6. The van der Waals surface area contributed by atoms with Gasteiger partial charge in [-0.3, -0.25) is 14.9 Å². The van der Waals surface area contributed by atoms with E-state index in [0.29, 0.717) is 12.8 Å². The molecule has 0 aromatic heterocycles. The molecule has 0 heterocycles. The summed E-state index contributed by atoms with van der Waals surface area (Å²) >= 11 is 0. The monoisotopic (exact) mass is 540 g/mol. The van der Waals surface area contributed by atoms with Gasteiger partial charge in [-0.2, -0.15) is 5.26 Å². The molecule has 0 radical (unpaired) electrons. The number of halogens is 3. The first-order chi connectivity index (χ1) is 18.3. The second kappa shape index (κ2) is 10.6. The number of carbonyl (C=O) groups excluding carboxylic acids is 2. The van der Waals surface area contributed by atoms with E-state index < -0.39 is 41.0 Å². The Balaban J connectivity index is 1.51. The highest BCUT2D eigenvalue weighted by atomic mass is 19.3. The van der Waals surface area contributed by atoms with Crippen LogP contribution in [0.2, 0.25) is 0 Å². The molecule has 39 heavy (non-hydrogen) atoms. The third kappa shape index (κ3) is 6.44. The maximum atomic E-state index is 14.5. The van der Waals surface area contributed by atoms with E-state index >= 15 is 0 Å². The standard InChI is InChI=1S/C30H35F3N4O2/c1-28(2,33)17-23(26(38)36-29(18-34)13-14-29)35-24(25(31)32)21-7-5-19(6-8-21)20-9-11-22(12-10-20)30(15-16-30)27(39)37(3)4/h5-12,23-25,35H,13-17H2,1-4H3,(H,36,38)/t23-,24-/m0/s1. The van der Waals surface area contributed by atoms with Crippen LogP contribution < -0.4 is 10.6 Å². The SMILES string of the molecule is CN(C)C(=O)C1(c2ccc(-c3ccc([C@H](N[C@@H](CC(C)(C)F)C(=O)NC4(C#N)CC4)C(F)F)cc3)cc2)CC1.